The van der Waals surface area contributed by atoms with Crippen LogP contribution in [0, 0.1) is 11.8 Å². The molecule has 1 aliphatic carbocycles. The zero-order valence-electron chi connectivity index (χ0n) is 30.5. The number of Topliss-reactive ketones (excluding diaryl/α,β-unsaturated/α-hetero) is 1. The van der Waals surface area contributed by atoms with Crippen LogP contribution in [0.1, 0.15) is 98.8 Å². The molecule has 3 rings (SSSR count). The van der Waals surface area contributed by atoms with Crippen molar-refractivity contribution < 1.29 is 42.9 Å². The van der Waals surface area contributed by atoms with Crippen LogP contribution in [0.15, 0.2) is 11.6 Å². The van der Waals surface area contributed by atoms with E-state index in [2.05, 4.69) is 48.1 Å². The molecule has 4 N–H and O–H groups in total. The first-order valence-electron chi connectivity index (χ1n) is 18.0. The van der Waals surface area contributed by atoms with Crippen molar-refractivity contribution in [2.45, 2.75) is 128 Å². The molecule has 2 heterocycles. The standard InChI is InChI=1S/C36H60N4O9/c1-24(2)13-14-28-35(5,49-28)34-33(46-6)27(15-17-36(34)23-47-36)48-32(45)12-10-8-7-9-11-18-38-29(42)16-19-37-21-30(43)40-22-31(44)39-20-26(41)25(3)4/h13,25,27-28,33-34,37H,7-12,14-23H2,1-6H3,(H,38,42)(H,39,44)(H,40,43)/t27?,28-,33?,34?,35?,36+/m1/s1. The summed E-state index contributed by atoms with van der Waals surface area (Å²) in [7, 11) is 1.69. The lowest BCUT2D eigenvalue weighted by atomic mass is 9.68. The second-order valence-corrected chi connectivity index (χ2v) is 14.4. The SMILES string of the molecule is COC1C(OC(=O)CCCCCCCNC(=O)CCNCC(=O)NCC(=O)NCC(=O)C(C)C)CC[C@]2(CO2)C1C1(C)O[C@@H]1CC=C(C)C. The van der Waals surface area contributed by atoms with E-state index in [-0.39, 0.29) is 91.0 Å². The highest BCUT2D eigenvalue weighted by molar-refractivity contribution is 5.89. The zero-order valence-corrected chi connectivity index (χ0v) is 30.5. The predicted octanol–water partition coefficient (Wildman–Crippen LogP) is 2.50. The van der Waals surface area contributed by atoms with Gasteiger partial charge in [-0.15, -0.1) is 0 Å². The van der Waals surface area contributed by atoms with Crippen LogP contribution in [-0.2, 0) is 42.9 Å². The number of amides is 3. The Morgan fingerprint density at radius 1 is 0.878 bits per heavy atom. The molecular formula is C36H60N4O9. The fourth-order valence-electron chi connectivity index (χ4n) is 6.64. The summed E-state index contributed by atoms with van der Waals surface area (Å²) < 4.78 is 24.2. The van der Waals surface area contributed by atoms with Crippen molar-refractivity contribution >= 4 is 29.5 Å². The largest absolute Gasteiger partial charge is 0.460 e. The smallest absolute Gasteiger partial charge is 0.306 e. The number of carbonyl (C=O) groups excluding carboxylic acids is 5. The first-order valence-corrected chi connectivity index (χ1v) is 18.0. The number of methoxy groups -OCH3 is 1. The van der Waals surface area contributed by atoms with Gasteiger partial charge >= 0.3 is 5.97 Å². The van der Waals surface area contributed by atoms with E-state index >= 15 is 0 Å². The van der Waals surface area contributed by atoms with Gasteiger partial charge in [0.25, 0.3) is 0 Å². The number of hydrogen-bond acceptors (Lipinski definition) is 10. The number of allylic oxidation sites excluding steroid dienone is 1. The van der Waals surface area contributed by atoms with E-state index in [1.54, 1.807) is 21.0 Å². The summed E-state index contributed by atoms with van der Waals surface area (Å²) in [5, 5.41) is 10.7. The number of unbranched alkanes of at least 4 members (excludes halogenated alkanes) is 4. The highest BCUT2D eigenvalue weighted by Crippen LogP contribution is 2.59. The van der Waals surface area contributed by atoms with E-state index in [4.69, 9.17) is 18.9 Å². The molecule has 0 radical (unpaired) electrons. The summed E-state index contributed by atoms with van der Waals surface area (Å²) in [6, 6.07) is 0. The fraction of sp³-hybridized carbons (Fsp3) is 0.806. The van der Waals surface area contributed by atoms with E-state index < -0.39 is 5.91 Å². The second kappa shape index (κ2) is 19.5. The van der Waals surface area contributed by atoms with Crippen LogP contribution in [0.3, 0.4) is 0 Å². The molecule has 4 unspecified atom stereocenters. The fourth-order valence-corrected chi connectivity index (χ4v) is 6.64. The maximum atomic E-state index is 12.8. The maximum Gasteiger partial charge on any atom is 0.306 e. The molecule has 6 atom stereocenters. The monoisotopic (exact) mass is 692 g/mol. The molecule has 1 saturated carbocycles. The van der Waals surface area contributed by atoms with Gasteiger partial charge in [-0.2, -0.15) is 0 Å². The number of ketones is 1. The average molecular weight is 693 g/mol. The summed E-state index contributed by atoms with van der Waals surface area (Å²) in [6.07, 6.45) is 9.13. The van der Waals surface area contributed by atoms with Gasteiger partial charge in [0.2, 0.25) is 17.7 Å². The third-order valence-electron chi connectivity index (χ3n) is 9.76. The van der Waals surface area contributed by atoms with E-state index in [1.165, 1.54) is 5.57 Å². The number of esters is 1. The highest BCUT2D eigenvalue weighted by Gasteiger charge is 2.72. The molecule has 3 fully saturated rings. The predicted molar refractivity (Wildman–Crippen MR) is 183 cm³/mol. The van der Waals surface area contributed by atoms with Crippen LogP contribution < -0.4 is 21.3 Å². The Labute approximate surface area is 291 Å². The molecule has 13 heteroatoms. The van der Waals surface area contributed by atoms with Gasteiger partial charge in [-0.3, -0.25) is 24.0 Å². The molecule has 49 heavy (non-hydrogen) atoms. The minimum Gasteiger partial charge on any atom is -0.460 e. The molecule has 2 aliphatic heterocycles. The first kappa shape index (κ1) is 40.6. The van der Waals surface area contributed by atoms with E-state index in [0.717, 1.165) is 51.4 Å². The minimum atomic E-state index is -0.432. The molecule has 3 amide bonds. The van der Waals surface area contributed by atoms with Crippen molar-refractivity contribution in [3.8, 4) is 0 Å². The number of nitrogens with one attached hydrogen (secondary N) is 4. The molecule has 0 aromatic carbocycles. The second-order valence-electron chi connectivity index (χ2n) is 14.4. The van der Waals surface area contributed by atoms with Gasteiger partial charge in [0.05, 0.1) is 38.3 Å². The molecule has 1 spiro atoms. The lowest BCUT2D eigenvalue weighted by molar-refractivity contribution is -0.172. The van der Waals surface area contributed by atoms with Crippen LogP contribution in [-0.4, -0.2) is 105 Å². The van der Waals surface area contributed by atoms with E-state index in [9.17, 15) is 24.0 Å². The summed E-state index contributed by atoms with van der Waals surface area (Å²) in [5.74, 6) is -1.33. The lowest BCUT2D eigenvalue weighted by Crippen LogP contribution is -2.55. The van der Waals surface area contributed by atoms with Gasteiger partial charge in [-0.05, 0) is 52.9 Å². The Kier molecular flexibility index (Phi) is 16.1. The van der Waals surface area contributed by atoms with Gasteiger partial charge in [0.15, 0.2) is 5.78 Å². The molecule has 278 valence electrons. The van der Waals surface area contributed by atoms with Crippen molar-refractivity contribution in [1.29, 1.82) is 0 Å². The van der Waals surface area contributed by atoms with E-state index in [0.29, 0.717) is 26.1 Å². The summed E-state index contributed by atoms with van der Waals surface area (Å²) >= 11 is 0. The van der Waals surface area contributed by atoms with Crippen LogP contribution in [0.25, 0.3) is 0 Å². The summed E-state index contributed by atoms with van der Waals surface area (Å²) in [5.41, 5.74) is 0.663. The quantitative estimate of drug-likeness (QED) is 0.0539. The number of epoxide rings is 2. The van der Waals surface area contributed by atoms with Gasteiger partial charge in [-0.25, -0.2) is 0 Å². The zero-order chi connectivity index (χ0) is 36.0. The van der Waals surface area contributed by atoms with Crippen molar-refractivity contribution in [2.24, 2.45) is 11.8 Å². The number of ether oxygens (including phenoxy) is 4. The van der Waals surface area contributed by atoms with Crippen LogP contribution >= 0.6 is 0 Å². The summed E-state index contributed by atoms with van der Waals surface area (Å²) in [4.78, 5) is 60.0. The van der Waals surface area contributed by atoms with Crippen LogP contribution in [0.2, 0.25) is 0 Å². The van der Waals surface area contributed by atoms with Gasteiger partial charge in [-0.1, -0.05) is 44.8 Å². The molecule has 0 aromatic rings. The molecule has 0 bridgehead atoms. The Bertz CT molecular complexity index is 1170. The van der Waals surface area contributed by atoms with E-state index in [1.807, 2.05) is 0 Å². The van der Waals surface area contributed by atoms with Crippen molar-refractivity contribution in [1.82, 2.24) is 21.3 Å². The maximum absolute atomic E-state index is 12.8. The topological polar surface area (TPSA) is 177 Å². The first-order chi connectivity index (χ1) is 23.3. The molecular weight excluding hydrogens is 632 g/mol. The molecule has 2 saturated heterocycles. The van der Waals surface area contributed by atoms with Gasteiger partial charge in [0.1, 0.15) is 23.4 Å². The normalized spacial score (nSPS) is 26.9. The Morgan fingerprint density at radius 3 is 2.22 bits per heavy atom. The van der Waals surface area contributed by atoms with Gasteiger partial charge in [0, 0.05) is 39.0 Å². The van der Waals surface area contributed by atoms with Crippen molar-refractivity contribution in [3.63, 3.8) is 0 Å². The Hall–Kier alpha value is -2.87. The Balaban J connectivity index is 1.19. The number of rotatable bonds is 23. The number of hydrogen-bond donors (Lipinski definition) is 4. The molecule has 3 aliphatic rings. The molecule has 13 nitrogen and oxygen atoms in total. The Morgan fingerprint density at radius 2 is 1.55 bits per heavy atom. The third-order valence-corrected chi connectivity index (χ3v) is 9.76. The van der Waals surface area contributed by atoms with Gasteiger partial charge < -0.3 is 40.2 Å². The van der Waals surface area contributed by atoms with Crippen molar-refractivity contribution in [3.05, 3.63) is 11.6 Å². The third kappa shape index (κ3) is 13.1. The summed E-state index contributed by atoms with van der Waals surface area (Å²) in [6.45, 7) is 11.1. The minimum absolute atomic E-state index is 0.0102. The molecule has 0 aromatic heterocycles. The average Bonchev–Trinajstić information content (AvgIpc) is 3.98. The highest BCUT2D eigenvalue weighted by atomic mass is 16.6. The number of carbonyl (C=O) groups is 5. The van der Waals surface area contributed by atoms with Crippen LogP contribution in [0.5, 0.6) is 0 Å². The van der Waals surface area contributed by atoms with Crippen molar-refractivity contribution in [2.75, 3.05) is 46.4 Å². The van der Waals surface area contributed by atoms with Crippen LogP contribution in [0.4, 0.5) is 0 Å². The lowest BCUT2D eigenvalue weighted by Gasteiger charge is -2.42.